The minimum absolute atomic E-state index is 0.00456. The van der Waals surface area contributed by atoms with Gasteiger partial charge in [-0.25, -0.2) is 9.48 Å². The molecule has 0 aliphatic heterocycles. The van der Waals surface area contributed by atoms with Crippen molar-refractivity contribution in [1.29, 1.82) is 0 Å². The molecule has 2 rings (SSSR count). The smallest absolute Gasteiger partial charge is 0.434 e. The van der Waals surface area contributed by atoms with Gasteiger partial charge in [0.05, 0.1) is 17.5 Å². The third-order valence-corrected chi connectivity index (χ3v) is 4.49. The molecule has 1 unspecified atom stereocenters. The zero-order chi connectivity index (χ0) is 21.3. The van der Waals surface area contributed by atoms with E-state index < -0.39 is 34.9 Å². The third kappa shape index (κ3) is 4.50. The second-order valence-corrected chi connectivity index (χ2v) is 6.86. The van der Waals surface area contributed by atoms with Crippen LogP contribution in [0.3, 0.4) is 0 Å². The van der Waals surface area contributed by atoms with Crippen LogP contribution in [0.25, 0.3) is 5.69 Å². The number of aliphatic hydroxyl groups is 1. The van der Waals surface area contributed by atoms with Gasteiger partial charge in [0.1, 0.15) is 5.56 Å². The fourth-order valence-electron chi connectivity index (χ4n) is 2.29. The predicted octanol–water partition coefficient (Wildman–Crippen LogP) is 2.73. The highest BCUT2D eigenvalue weighted by molar-refractivity contribution is 5.94. The fraction of sp³-hybridized carbons (Fsp3) is 0.389. The number of hydrogen-bond donors (Lipinski definition) is 3. The molecule has 0 radical (unpaired) electrons. The molecule has 0 saturated heterocycles. The summed E-state index contributed by atoms with van der Waals surface area (Å²) in [4.78, 5) is 23.2. The van der Waals surface area contributed by atoms with Crippen molar-refractivity contribution >= 4 is 11.9 Å². The second kappa shape index (κ2) is 7.63. The average molecular weight is 399 g/mol. The molecular formula is C18H20F3N3O4. The number of aromatic carboxylic acids is 1. The number of hydrogen-bond acceptors (Lipinski definition) is 4. The first-order chi connectivity index (χ1) is 12.8. The first kappa shape index (κ1) is 21.4. The summed E-state index contributed by atoms with van der Waals surface area (Å²) < 4.78 is 40.3. The highest BCUT2D eigenvalue weighted by Gasteiger charge is 2.40. The molecular weight excluding hydrogens is 379 g/mol. The van der Waals surface area contributed by atoms with Crippen LogP contribution in [0, 0.1) is 5.92 Å². The van der Waals surface area contributed by atoms with Gasteiger partial charge in [0.15, 0.2) is 5.69 Å². The molecule has 1 amide bonds. The number of nitrogens with one attached hydrogen (secondary N) is 1. The van der Waals surface area contributed by atoms with Gasteiger partial charge in [-0.1, -0.05) is 13.8 Å². The number of carbonyl (C=O) groups is 2. The van der Waals surface area contributed by atoms with E-state index in [9.17, 15) is 27.9 Å². The summed E-state index contributed by atoms with van der Waals surface area (Å²) in [5.41, 5.74) is -3.37. The van der Waals surface area contributed by atoms with Crippen LogP contribution in [-0.4, -0.2) is 44.0 Å². The van der Waals surface area contributed by atoms with Crippen LogP contribution in [0.4, 0.5) is 13.2 Å². The molecule has 1 aromatic heterocycles. The van der Waals surface area contributed by atoms with Crippen molar-refractivity contribution in [3.05, 3.63) is 47.3 Å². The molecule has 0 saturated carbocycles. The Morgan fingerprint density at radius 2 is 1.79 bits per heavy atom. The number of nitrogens with zero attached hydrogens (tertiary/aromatic N) is 2. The van der Waals surface area contributed by atoms with Crippen molar-refractivity contribution in [2.24, 2.45) is 5.92 Å². The lowest BCUT2D eigenvalue weighted by Crippen LogP contribution is -2.44. The zero-order valence-electron chi connectivity index (χ0n) is 15.4. The molecule has 0 spiro atoms. The number of alkyl halides is 3. The third-order valence-electron chi connectivity index (χ3n) is 4.49. The van der Waals surface area contributed by atoms with Gasteiger partial charge in [0.25, 0.3) is 5.91 Å². The van der Waals surface area contributed by atoms with E-state index in [1.54, 1.807) is 20.8 Å². The highest BCUT2D eigenvalue weighted by Crippen LogP contribution is 2.33. The van der Waals surface area contributed by atoms with Crippen molar-refractivity contribution in [3.63, 3.8) is 0 Å². The van der Waals surface area contributed by atoms with E-state index >= 15 is 0 Å². The maximum absolute atomic E-state index is 13.3. The summed E-state index contributed by atoms with van der Waals surface area (Å²) in [7, 11) is 0. The van der Waals surface area contributed by atoms with Gasteiger partial charge in [-0.2, -0.15) is 18.3 Å². The minimum Gasteiger partial charge on any atom is -0.478 e. The molecule has 152 valence electrons. The van der Waals surface area contributed by atoms with Crippen molar-refractivity contribution in [2.75, 3.05) is 6.54 Å². The Kier molecular flexibility index (Phi) is 5.83. The van der Waals surface area contributed by atoms with Gasteiger partial charge in [-0.3, -0.25) is 4.79 Å². The SMILES string of the molecule is CC(C)C(C)(O)CNC(=O)c1ccc(-n2ncc(C(=O)O)c2C(F)(F)F)cc1. The summed E-state index contributed by atoms with van der Waals surface area (Å²) in [5, 5.41) is 25.2. The number of carboxylic acids is 1. The van der Waals surface area contributed by atoms with Crippen molar-refractivity contribution in [2.45, 2.75) is 32.5 Å². The zero-order valence-corrected chi connectivity index (χ0v) is 15.4. The summed E-state index contributed by atoms with van der Waals surface area (Å²) in [6.45, 7) is 5.19. The number of rotatable bonds is 6. The minimum atomic E-state index is -4.93. The van der Waals surface area contributed by atoms with Crippen LogP contribution >= 0.6 is 0 Å². The Morgan fingerprint density at radius 3 is 2.25 bits per heavy atom. The largest absolute Gasteiger partial charge is 0.478 e. The van der Waals surface area contributed by atoms with Gasteiger partial charge >= 0.3 is 12.1 Å². The number of amides is 1. The van der Waals surface area contributed by atoms with Gasteiger partial charge in [-0.15, -0.1) is 0 Å². The molecule has 1 atom stereocenters. The van der Waals surface area contributed by atoms with Crippen LogP contribution in [0.15, 0.2) is 30.5 Å². The maximum Gasteiger partial charge on any atom is 0.434 e. The normalized spacial score (nSPS) is 14.0. The Bertz CT molecular complexity index is 871. The van der Waals surface area contributed by atoms with E-state index in [1.807, 2.05) is 0 Å². The van der Waals surface area contributed by atoms with E-state index in [0.717, 1.165) is 0 Å². The fourth-order valence-corrected chi connectivity index (χ4v) is 2.29. The van der Waals surface area contributed by atoms with Crippen molar-refractivity contribution in [3.8, 4) is 5.69 Å². The molecule has 0 aliphatic carbocycles. The maximum atomic E-state index is 13.3. The van der Waals surface area contributed by atoms with Crippen LogP contribution in [0.5, 0.6) is 0 Å². The molecule has 3 N–H and O–H groups in total. The number of carbonyl (C=O) groups excluding carboxylic acids is 1. The topological polar surface area (TPSA) is 104 Å². The number of benzene rings is 1. The summed E-state index contributed by atoms with van der Waals surface area (Å²) in [5.74, 6) is -2.35. The van der Waals surface area contributed by atoms with E-state index in [-0.39, 0.29) is 23.7 Å². The van der Waals surface area contributed by atoms with Gasteiger partial charge < -0.3 is 15.5 Å². The Labute approximate surface area is 158 Å². The summed E-state index contributed by atoms with van der Waals surface area (Å²) >= 11 is 0. The lowest BCUT2D eigenvalue weighted by molar-refractivity contribution is -0.143. The van der Waals surface area contributed by atoms with Gasteiger partial charge in [0.2, 0.25) is 0 Å². The van der Waals surface area contributed by atoms with E-state index in [1.165, 1.54) is 24.3 Å². The monoisotopic (exact) mass is 399 g/mol. The van der Waals surface area contributed by atoms with Crippen molar-refractivity contribution in [1.82, 2.24) is 15.1 Å². The lowest BCUT2D eigenvalue weighted by Gasteiger charge is -2.27. The Balaban J connectivity index is 2.26. The first-order valence-electron chi connectivity index (χ1n) is 8.34. The molecule has 0 fully saturated rings. The molecule has 28 heavy (non-hydrogen) atoms. The van der Waals surface area contributed by atoms with Crippen LogP contribution < -0.4 is 5.32 Å². The molecule has 1 heterocycles. The highest BCUT2D eigenvalue weighted by atomic mass is 19.4. The lowest BCUT2D eigenvalue weighted by atomic mass is 9.92. The molecule has 0 aliphatic rings. The van der Waals surface area contributed by atoms with Crippen LogP contribution in [-0.2, 0) is 6.18 Å². The molecule has 1 aromatic carbocycles. The van der Waals surface area contributed by atoms with Gasteiger partial charge in [-0.05, 0) is 37.1 Å². The molecule has 10 heteroatoms. The number of halogens is 3. The Hall–Kier alpha value is -2.88. The van der Waals surface area contributed by atoms with Crippen molar-refractivity contribution < 1.29 is 33.0 Å². The van der Waals surface area contributed by atoms with E-state index in [0.29, 0.717) is 10.9 Å². The average Bonchev–Trinajstić information content (AvgIpc) is 3.05. The van der Waals surface area contributed by atoms with E-state index in [2.05, 4.69) is 10.4 Å². The first-order valence-corrected chi connectivity index (χ1v) is 8.34. The standard InChI is InChI=1S/C18H20F3N3O4/c1-10(2)17(3,28)9-22-15(25)11-4-6-12(7-5-11)24-14(18(19,20)21)13(8-23-24)16(26)27/h4-8,10,28H,9H2,1-3H3,(H,22,25)(H,26,27). The predicted molar refractivity (Wildman–Crippen MR) is 93.3 cm³/mol. The quantitative estimate of drug-likeness (QED) is 0.693. The summed E-state index contributed by atoms with van der Waals surface area (Å²) in [6.07, 6.45) is -4.30. The van der Waals surface area contributed by atoms with Crippen LogP contribution in [0.2, 0.25) is 0 Å². The van der Waals surface area contributed by atoms with Crippen LogP contribution in [0.1, 0.15) is 47.2 Å². The number of aromatic nitrogens is 2. The number of carboxylic acid groups (broad SMARTS) is 1. The second-order valence-electron chi connectivity index (χ2n) is 6.86. The molecule has 0 bridgehead atoms. The van der Waals surface area contributed by atoms with E-state index in [4.69, 9.17) is 5.11 Å². The van der Waals surface area contributed by atoms with Gasteiger partial charge in [0, 0.05) is 12.1 Å². The molecule has 2 aromatic rings. The summed E-state index contributed by atoms with van der Waals surface area (Å²) in [6, 6.07) is 5.03. The molecule has 7 nitrogen and oxygen atoms in total. The Morgan fingerprint density at radius 1 is 1.21 bits per heavy atom.